The molecule has 1 N–H and O–H groups in total. The summed E-state index contributed by atoms with van der Waals surface area (Å²) in [7, 11) is 0. The quantitative estimate of drug-likeness (QED) is 0.623. The predicted octanol–water partition coefficient (Wildman–Crippen LogP) is 5.06. The summed E-state index contributed by atoms with van der Waals surface area (Å²) in [6, 6.07) is 4.97. The van der Waals surface area contributed by atoms with Crippen LogP contribution in [0.2, 0.25) is 10.0 Å². The number of nitro benzene ring substituents is 1. The van der Waals surface area contributed by atoms with Crippen molar-refractivity contribution < 1.29 is 4.92 Å². The van der Waals surface area contributed by atoms with E-state index < -0.39 is 4.92 Å². The van der Waals surface area contributed by atoms with Crippen LogP contribution >= 0.6 is 34.5 Å². The maximum atomic E-state index is 11.1. The van der Waals surface area contributed by atoms with E-state index in [1.165, 1.54) is 33.9 Å². The van der Waals surface area contributed by atoms with Crippen LogP contribution in [0.3, 0.4) is 0 Å². The predicted molar refractivity (Wildman–Crippen MR) is 86.8 cm³/mol. The van der Waals surface area contributed by atoms with Gasteiger partial charge < -0.3 is 5.32 Å². The average Bonchev–Trinajstić information content (AvgIpc) is 3.00. The number of hydrogen-bond acceptors (Lipinski definition) is 4. The lowest BCUT2D eigenvalue weighted by atomic mass is 10.2. The third kappa shape index (κ3) is 3.00. The van der Waals surface area contributed by atoms with E-state index in [9.17, 15) is 10.1 Å². The number of fused-ring (bicyclic) bond motifs is 1. The van der Waals surface area contributed by atoms with E-state index in [1.807, 2.05) is 0 Å². The Morgan fingerprint density at radius 3 is 2.71 bits per heavy atom. The second-order valence-electron chi connectivity index (χ2n) is 4.91. The number of anilines is 1. The van der Waals surface area contributed by atoms with Crippen molar-refractivity contribution in [3.05, 3.63) is 53.7 Å². The van der Waals surface area contributed by atoms with Crippen molar-refractivity contribution >= 4 is 45.9 Å². The molecule has 0 saturated carbocycles. The Morgan fingerprint density at radius 2 is 2.00 bits per heavy atom. The van der Waals surface area contributed by atoms with Crippen molar-refractivity contribution in [2.75, 3.05) is 5.32 Å². The monoisotopic (exact) mass is 342 g/mol. The fourth-order valence-electron chi connectivity index (χ4n) is 2.49. The first kappa shape index (κ1) is 14.6. The van der Waals surface area contributed by atoms with Gasteiger partial charge in [-0.05, 0) is 37.0 Å². The van der Waals surface area contributed by atoms with E-state index in [4.69, 9.17) is 23.2 Å². The van der Waals surface area contributed by atoms with Crippen molar-refractivity contribution in [2.24, 2.45) is 0 Å². The van der Waals surface area contributed by atoms with Crippen molar-refractivity contribution in [2.45, 2.75) is 25.8 Å². The smallest absolute Gasteiger partial charge is 0.293 e. The van der Waals surface area contributed by atoms with Crippen LogP contribution in [0, 0.1) is 10.1 Å². The van der Waals surface area contributed by atoms with Gasteiger partial charge in [-0.25, -0.2) is 0 Å². The highest BCUT2D eigenvalue weighted by Gasteiger charge is 2.18. The van der Waals surface area contributed by atoms with Gasteiger partial charge in [-0.1, -0.05) is 23.2 Å². The molecule has 0 saturated heterocycles. The van der Waals surface area contributed by atoms with Crippen LogP contribution in [0.25, 0.3) is 0 Å². The molecule has 1 heterocycles. The molecule has 0 spiro atoms. The molecule has 2 aromatic rings. The fraction of sp³-hybridized carbons (Fsp3) is 0.286. The molecular weight excluding hydrogens is 331 g/mol. The van der Waals surface area contributed by atoms with Gasteiger partial charge >= 0.3 is 0 Å². The Hall–Kier alpha value is -1.30. The van der Waals surface area contributed by atoms with Gasteiger partial charge in [0.05, 0.1) is 15.0 Å². The number of aryl methyl sites for hydroxylation is 2. The van der Waals surface area contributed by atoms with E-state index in [0.29, 0.717) is 17.3 Å². The lowest BCUT2D eigenvalue weighted by molar-refractivity contribution is -0.383. The van der Waals surface area contributed by atoms with Crippen LogP contribution in [0.4, 0.5) is 11.4 Å². The van der Waals surface area contributed by atoms with Gasteiger partial charge in [0, 0.05) is 22.4 Å². The second kappa shape index (κ2) is 5.83. The Labute approximate surface area is 135 Å². The maximum absolute atomic E-state index is 11.1. The molecule has 110 valence electrons. The molecule has 0 fully saturated rings. The summed E-state index contributed by atoms with van der Waals surface area (Å²) in [5, 5.41) is 14.7. The zero-order valence-corrected chi connectivity index (χ0v) is 13.3. The molecule has 0 unspecified atom stereocenters. The first-order valence-electron chi connectivity index (χ1n) is 6.52. The summed E-state index contributed by atoms with van der Waals surface area (Å²) in [6.07, 6.45) is 3.51. The summed E-state index contributed by atoms with van der Waals surface area (Å²) in [5.41, 5.74) is 1.75. The van der Waals surface area contributed by atoms with Gasteiger partial charge in [-0.2, -0.15) is 0 Å². The van der Waals surface area contributed by atoms with Gasteiger partial charge in [-0.3, -0.25) is 10.1 Å². The van der Waals surface area contributed by atoms with Gasteiger partial charge in [-0.15, -0.1) is 11.3 Å². The minimum absolute atomic E-state index is 0.0616. The molecule has 4 nitrogen and oxygen atoms in total. The third-order valence-corrected chi connectivity index (χ3v) is 5.45. The fourth-order valence-corrected chi connectivity index (χ4v) is 4.01. The zero-order valence-electron chi connectivity index (χ0n) is 11.0. The molecule has 0 amide bonds. The average molecular weight is 343 g/mol. The second-order valence-corrected chi connectivity index (χ2v) is 6.94. The summed E-state index contributed by atoms with van der Waals surface area (Å²) in [5.74, 6) is 0. The number of nitrogens with zero attached hydrogens (tertiary/aromatic N) is 1. The lowest BCUT2D eigenvalue weighted by Gasteiger charge is -2.07. The Bertz CT molecular complexity index is 694. The molecule has 1 aliphatic carbocycles. The minimum atomic E-state index is -0.459. The van der Waals surface area contributed by atoms with Gasteiger partial charge in [0.25, 0.3) is 5.69 Å². The molecule has 7 heteroatoms. The summed E-state index contributed by atoms with van der Waals surface area (Å²) in [6.45, 7) is 0.552. The third-order valence-electron chi connectivity index (χ3n) is 3.49. The maximum Gasteiger partial charge on any atom is 0.293 e. The number of hydrogen-bond donors (Lipinski definition) is 1. The van der Waals surface area contributed by atoms with Gasteiger partial charge in [0.1, 0.15) is 5.69 Å². The Kier molecular flexibility index (Phi) is 4.06. The van der Waals surface area contributed by atoms with Crippen molar-refractivity contribution in [1.29, 1.82) is 0 Å². The van der Waals surface area contributed by atoms with Crippen LogP contribution in [-0.4, -0.2) is 4.92 Å². The molecule has 1 aliphatic rings. The molecule has 1 aromatic heterocycles. The largest absolute Gasteiger partial charge is 0.375 e. The van der Waals surface area contributed by atoms with Crippen molar-refractivity contribution in [3.8, 4) is 0 Å². The molecule has 3 rings (SSSR count). The van der Waals surface area contributed by atoms with Crippen molar-refractivity contribution in [3.63, 3.8) is 0 Å². The van der Waals surface area contributed by atoms with Crippen molar-refractivity contribution in [1.82, 2.24) is 0 Å². The first-order valence-corrected chi connectivity index (χ1v) is 8.09. The molecule has 0 atom stereocenters. The molecule has 21 heavy (non-hydrogen) atoms. The number of thiophene rings is 1. The molecular formula is C14H12Cl2N2O2S. The van der Waals surface area contributed by atoms with E-state index in [2.05, 4.69) is 11.4 Å². The summed E-state index contributed by atoms with van der Waals surface area (Å²) in [4.78, 5) is 13.2. The molecule has 1 aromatic carbocycles. The zero-order chi connectivity index (χ0) is 15.0. The SMILES string of the molecule is O=[N+]([O-])c1cc(Cl)c(Cl)cc1NCc1cc2c(s1)CCC2. The molecule has 0 aliphatic heterocycles. The highest BCUT2D eigenvalue weighted by molar-refractivity contribution is 7.12. The lowest BCUT2D eigenvalue weighted by Crippen LogP contribution is -2.01. The van der Waals surface area contributed by atoms with E-state index in [-0.39, 0.29) is 10.7 Å². The number of halogens is 2. The Balaban J connectivity index is 1.80. The summed E-state index contributed by atoms with van der Waals surface area (Å²) >= 11 is 13.5. The van der Waals surface area contributed by atoms with Crippen LogP contribution in [-0.2, 0) is 19.4 Å². The van der Waals surface area contributed by atoms with Crippen LogP contribution < -0.4 is 5.32 Å². The highest BCUT2D eigenvalue weighted by Crippen LogP contribution is 2.35. The highest BCUT2D eigenvalue weighted by atomic mass is 35.5. The van der Waals surface area contributed by atoms with E-state index in [0.717, 1.165) is 12.8 Å². The number of benzene rings is 1. The molecule has 0 bridgehead atoms. The van der Waals surface area contributed by atoms with Crippen LogP contribution in [0.5, 0.6) is 0 Å². The minimum Gasteiger partial charge on any atom is -0.375 e. The standard InChI is InChI=1S/C14H12Cl2N2O2S/c15-10-5-12(13(18(19)20)6-11(10)16)17-7-9-4-8-2-1-3-14(8)21-9/h4-6,17H,1-3,7H2. The van der Waals surface area contributed by atoms with Crippen LogP contribution in [0.1, 0.15) is 21.7 Å². The number of nitro groups is 1. The number of rotatable bonds is 4. The van der Waals surface area contributed by atoms with E-state index in [1.54, 1.807) is 11.3 Å². The van der Waals surface area contributed by atoms with E-state index >= 15 is 0 Å². The normalized spacial score (nSPS) is 13.2. The van der Waals surface area contributed by atoms with Gasteiger partial charge in [0.15, 0.2) is 0 Å². The number of nitrogens with one attached hydrogen (secondary N) is 1. The topological polar surface area (TPSA) is 55.2 Å². The first-order chi connectivity index (χ1) is 10.0. The van der Waals surface area contributed by atoms with Gasteiger partial charge in [0.2, 0.25) is 0 Å². The Morgan fingerprint density at radius 1 is 1.24 bits per heavy atom. The van der Waals surface area contributed by atoms with Crippen LogP contribution in [0.15, 0.2) is 18.2 Å². The summed E-state index contributed by atoms with van der Waals surface area (Å²) < 4.78 is 0. The molecule has 0 radical (unpaired) electrons.